The highest BCUT2D eigenvalue weighted by Gasteiger charge is 2.53. The Kier molecular flexibility index (Phi) is 6.46. The van der Waals surface area contributed by atoms with Crippen LogP contribution in [0.4, 0.5) is 10.5 Å². The number of anilines is 1. The van der Waals surface area contributed by atoms with Gasteiger partial charge in [-0.1, -0.05) is 13.8 Å². The van der Waals surface area contributed by atoms with Crippen LogP contribution in [0, 0.1) is 5.92 Å². The Labute approximate surface area is 197 Å². The highest BCUT2D eigenvalue weighted by Crippen LogP contribution is 2.39. The summed E-state index contributed by atoms with van der Waals surface area (Å²) in [5.74, 6) is -0.935. The monoisotopic (exact) mass is 491 g/mol. The number of nitrogens with zero attached hydrogens (tertiary/aromatic N) is 3. The topological polar surface area (TPSA) is 198 Å². The number of aliphatic hydroxyl groups excluding tert-OH is 2. The Morgan fingerprint density at radius 2 is 2.09 bits per heavy atom. The van der Waals surface area contributed by atoms with Gasteiger partial charge in [-0.15, -0.1) is 0 Å². The van der Waals surface area contributed by atoms with Gasteiger partial charge in [-0.25, -0.2) is 14.6 Å². The van der Waals surface area contributed by atoms with Crippen molar-refractivity contribution in [3.8, 4) is 0 Å². The van der Waals surface area contributed by atoms with Crippen LogP contribution in [-0.2, 0) is 19.0 Å². The summed E-state index contributed by atoms with van der Waals surface area (Å²) in [6, 6.07) is 1.39. The van der Waals surface area contributed by atoms with Gasteiger partial charge < -0.3 is 29.5 Å². The minimum Gasteiger partial charge on any atom is -0.428 e. The van der Waals surface area contributed by atoms with Crippen molar-refractivity contribution >= 4 is 39.4 Å². The summed E-state index contributed by atoms with van der Waals surface area (Å²) in [5.41, 5.74) is -2.00. The number of aromatic amines is 1. The molecule has 1 amide bonds. The van der Waals surface area contributed by atoms with Crippen molar-refractivity contribution in [3.63, 3.8) is 0 Å². The third-order valence-corrected chi connectivity index (χ3v) is 5.73. The molecule has 0 aliphatic carbocycles. The highest BCUT2D eigenvalue weighted by atomic mass is 16.7. The second-order valence-corrected chi connectivity index (χ2v) is 8.63. The van der Waals surface area contributed by atoms with Gasteiger partial charge in [-0.2, -0.15) is 10.2 Å². The fraction of sp³-hybridized carbons (Fsp3) is 0.476. The summed E-state index contributed by atoms with van der Waals surface area (Å²) >= 11 is 0. The molecule has 14 nitrogen and oxygen atoms in total. The van der Waals surface area contributed by atoms with E-state index in [1.807, 2.05) is 0 Å². The molecule has 2 aromatic heterocycles. The van der Waals surface area contributed by atoms with Crippen molar-refractivity contribution in [2.45, 2.75) is 44.8 Å². The number of carbonyl (C=O) groups is 2. The van der Waals surface area contributed by atoms with Crippen LogP contribution in [0.15, 0.2) is 23.3 Å². The first-order chi connectivity index (χ1) is 16.5. The average Bonchev–Trinajstić information content (AvgIpc) is 3.21. The molecule has 1 fully saturated rings. The van der Waals surface area contributed by atoms with Gasteiger partial charge in [-0.05, 0) is 13.0 Å². The van der Waals surface area contributed by atoms with Crippen LogP contribution >= 0.6 is 0 Å². The number of nitrogens with one attached hydrogen (secondary N) is 2. The summed E-state index contributed by atoms with van der Waals surface area (Å²) in [7, 11) is 0. The quantitative estimate of drug-likeness (QED) is 0.229. The first-order valence-corrected chi connectivity index (χ1v) is 10.7. The van der Waals surface area contributed by atoms with Gasteiger partial charge in [0.1, 0.15) is 23.3 Å². The van der Waals surface area contributed by atoms with Crippen molar-refractivity contribution in [3.05, 3.63) is 28.8 Å². The van der Waals surface area contributed by atoms with Crippen molar-refractivity contribution < 1.29 is 39.1 Å². The molecular weight excluding hydrogens is 466 g/mol. The standard InChI is InChI=1S/C21H25N5O9/c1-9(2)18(30)33-8-34-20(31)23-12-4-10-15-11(12)6-26(25-13(15)5-22-24-17(10)29)19-21(3,32)16(28)14(7-27)35-19/h4-6,9,14,16,19,27-28,32H,7-8H2,1-3H3,(H,23,31)(H,24,29). The molecule has 188 valence electrons. The Bertz CT molecular complexity index is 1330. The normalized spacial score (nSPS) is 24.3. The molecule has 0 saturated carbocycles. The van der Waals surface area contributed by atoms with Crippen LogP contribution < -0.4 is 10.9 Å². The van der Waals surface area contributed by atoms with E-state index in [4.69, 9.17) is 14.2 Å². The molecule has 4 rings (SSSR count). The lowest BCUT2D eigenvalue weighted by atomic mass is 9.97. The maximum Gasteiger partial charge on any atom is 0.414 e. The molecule has 0 spiro atoms. The predicted molar refractivity (Wildman–Crippen MR) is 119 cm³/mol. The summed E-state index contributed by atoms with van der Waals surface area (Å²) in [6.07, 6.45) is -1.94. The van der Waals surface area contributed by atoms with Crippen LogP contribution in [0.25, 0.3) is 21.7 Å². The van der Waals surface area contributed by atoms with E-state index in [2.05, 4.69) is 20.6 Å². The first kappa shape index (κ1) is 24.5. The fourth-order valence-corrected chi connectivity index (χ4v) is 3.85. The molecule has 14 heteroatoms. The molecule has 35 heavy (non-hydrogen) atoms. The lowest BCUT2D eigenvalue weighted by molar-refractivity contribution is -0.155. The van der Waals surface area contributed by atoms with Gasteiger partial charge in [0.15, 0.2) is 6.23 Å². The highest BCUT2D eigenvalue weighted by molar-refractivity contribution is 6.16. The van der Waals surface area contributed by atoms with E-state index >= 15 is 0 Å². The van der Waals surface area contributed by atoms with Gasteiger partial charge in [0.2, 0.25) is 6.79 Å². The van der Waals surface area contributed by atoms with Gasteiger partial charge >= 0.3 is 12.1 Å². The largest absolute Gasteiger partial charge is 0.428 e. The molecule has 0 radical (unpaired) electrons. The summed E-state index contributed by atoms with van der Waals surface area (Å²) in [4.78, 5) is 36.3. The zero-order valence-electron chi connectivity index (χ0n) is 19.1. The van der Waals surface area contributed by atoms with E-state index in [9.17, 15) is 29.7 Å². The van der Waals surface area contributed by atoms with Gasteiger partial charge in [0.25, 0.3) is 5.56 Å². The van der Waals surface area contributed by atoms with E-state index in [1.54, 1.807) is 13.8 Å². The minimum atomic E-state index is -1.83. The van der Waals surface area contributed by atoms with E-state index < -0.39 is 61.0 Å². The number of aromatic nitrogens is 4. The molecule has 1 saturated heterocycles. The van der Waals surface area contributed by atoms with E-state index in [0.29, 0.717) is 10.8 Å². The Hall–Kier alpha value is -3.59. The first-order valence-electron chi connectivity index (χ1n) is 10.7. The van der Waals surface area contributed by atoms with Crippen molar-refractivity contribution in [2.24, 2.45) is 5.92 Å². The minimum absolute atomic E-state index is 0.162. The van der Waals surface area contributed by atoms with Crippen LogP contribution in [0.2, 0.25) is 0 Å². The summed E-state index contributed by atoms with van der Waals surface area (Å²) < 4.78 is 16.6. The molecule has 4 atom stereocenters. The zero-order valence-corrected chi connectivity index (χ0v) is 19.1. The lowest BCUT2D eigenvalue weighted by Gasteiger charge is -2.27. The molecule has 3 aromatic rings. The van der Waals surface area contributed by atoms with Crippen LogP contribution in [0.1, 0.15) is 27.0 Å². The number of carbonyl (C=O) groups excluding carboxylic acids is 2. The fourth-order valence-electron chi connectivity index (χ4n) is 3.85. The van der Waals surface area contributed by atoms with E-state index in [1.165, 1.54) is 30.1 Å². The SMILES string of the molecule is CC(C)C(=O)OCOC(=O)Nc1cc2c(=O)[nH]ncc3nn(C4OC(CO)C(O)C4(C)O)cc1c32. The zero-order chi connectivity index (χ0) is 25.5. The molecule has 4 unspecified atom stereocenters. The average molecular weight is 491 g/mol. The smallest absolute Gasteiger partial charge is 0.414 e. The number of aliphatic hydroxyl groups is 3. The molecule has 5 N–H and O–H groups in total. The Balaban J connectivity index is 1.73. The third kappa shape index (κ3) is 4.43. The molecule has 0 bridgehead atoms. The number of ether oxygens (including phenoxy) is 3. The van der Waals surface area contributed by atoms with Crippen LogP contribution in [-0.4, -0.2) is 78.6 Å². The number of H-pyrrole nitrogens is 1. The Morgan fingerprint density at radius 3 is 2.74 bits per heavy atom. The van der Waals surface area contributed by atoms with Crippen LogP contribution in [0.3, 0.4) is 0 Å². The summed E-state index contributed by atoms with van der Waals surface area (Å²) in [6.45, 7) is 3.45. The van der Waals surface area contributed by atoms with E-state index in [0.717, 1.165) is 0 Å². The van der Waals surface area contributed by atoms with Gasteiger partial charge in [0.05, 0.1) is 29.8 Å². The number of esters is 1. The number of hydrogen-bond acceptors (Lipinski definition) is 11. The second-order valence-electron chi connectivity index (χ2n) is 8.63. The summed E-state index contributed by atoms with van der Waals surface area (Å²) in [5, 5.41) is 44.6. The number of rotatable bonds is 6. The number of amides is 1. The van der Waals surface area contributed by atoms with Crippen molar-refractivity contribution in [1.29, 1.82) is 0 Å². The molecule has 3 heterocycles. The van der Waals surface area contributed by atoms with E-state index in [-0.39, 0.29) is 16.6 Å². The molecule has 1 aliphatic rings. The second kappa shape index (κ2) is 9.22. The maximum atomic E-state index is 12.5. The molecule has 1 aromatic carbocycles. The Morgan fingerprint density at radius 1 is 1.34 bits per heavy atom. The molecule has 1 aliphatic heterocycles. The van der Waals surface area contributed by atoms with Gasteiger partial charge in [-0.3, -0.25) is 14.9 Å². The maximum absolute atomic E-state index is 12.5. The van der Waals surface area contributed by atoms with Crippen molar-refractivity contribution in [1.82, 2.24) is 20.0 Å². The molecular formula is C21H25N5O9. The lowest BCUT2D eigenvalue weighted by Crippen LogP contribution is -2.44. The number of hydrogen-bond donors (Lipinski definition) is 5. The van der Waals surface area contributed by atoms with Crippen molar-refractivity contribution in [2.75, 3.05) is 18.7 Å². The third-order valence-electron chi connectivity index (χ3n) is 5.73. The van der Waals surface area contributed by atoms with Gasteiger partial charge in [0, 0.05) is 17.0 Å². The predicted octanol–water partition coefficient (Wildman–Crippen LogP) is -0.0204. The van der Waals surface area contributed by atoms with Crippen LogP contribution in [0.5, 0.6) is 0 Å².